The molecule has 284 valence electrons. The normalized spacial score (nSPS) is 24.4. The van der Waals surface area contributed by atoms with Gasteiger partial charge in [0.25, 0.3) is 15.6 Å². The fraction of sp³-hybridized carbons (Fsp3) is 0.708. The smallest absolute Gasteiger partial charge is 0.274 e. The Kier molecular flexibility index (Phi) is 13.8. The van der Waals surface area contributed by atoms with Gasteiger partial charge in [-0.3, -0.25) is 23.3 Å². The summed E-state index contributed by atoms with van der Waals surface area (Å²) < 4.78 is 60.8. The Bertz CT molecular complexity index is 1660. The first-order valence-corrected chi connectivity index (χ1v) is 19.3. The molecule has 0 aliphatic carbocycles. The van der Waals surface area contributed by atoms with Crippen LogP contribution in [0.25, 0.3) is 11.2 Å². The van der Waals surface area contributed by atoms with E-state index in [-0.39, 0.29) is 35.9 Å². The van der Waals surface area contributed by atoms with E-state index in [4.69, 9.17) is 10.5 Å². The predicted molar refractivity (Wildman–Crippen MR) is 160 cm³/mol. The third-order valence-electron chi connectivity index (χ3n) is 7.39. The number of aromatic nitrogens is 4. The van der Waals surface area contributed by atoms with Gasteiger partial charge in [-0.25, -0.2) is 19.3 Å². The van der Waals surface area contributed by atoms with Crippen molar-refractivity contribution in [2.45, 2.75) is 77.1 Å². The Morgan fingerprint density at radius 2 is 1.78 bits per heavy atom. The second-order valence-corrected chi connectivity index (χ2v) is 16.0. The molecule has 6 N–H and O–H groups in total. The first-order valence-electron chi connectivity index (χ1n) is 14.9. The number of amides is 2. The fourth-order valence-corrected chi connectivity index (χ4v) is 7.36. The maximum absolute atomic E-state index is 12.5. The molecule has 0 bridgehead atoms. The molecule has 50 heavy (non-hydrogen) atoms. The number of fused-ring (bicyclic) bond motifs is 1. The zero-order valence-corrected chi connectivity index (χ0v) is 29.9. The van der Waals surface area contributed by atoms with Crippen LogP contribution in [0.1, 0.15) is 47.0 Å². The second-order valence-electron chi connectivity index (χ2n) is 11.9. The topological polar surface area (TPSA) is 358 Å². The van der Waals surface area contributed by atoms with Gasteiger partial charge in [-0.2, -0.15) is 0 Å². The Morgan fingerprint density at radius 3 is 2.42 bits per heavy atom. The first-order chi connectivity index (χ1) is 23.0. The summed E-state index contributed by atoms with van der Waals surface area (Å²) in [6, 6.07) is 0. The molecule has 1 saturated heterocycles. The molecule has 2 aromatic heterocycles. The van der Waals surface area contributed by atoms with Gasteiger partial charge in [0.1, 0.15) is 36.3 Å². The van der Waals surface area contributed by atoms with Crippen molar-refractivity contribution in [3.8, 4) is 0 Å². The SMILES string of the molecule is CCCCNC(=O)CCNC(=O)C(O)C(C)(C)COP(=O)([O-])OP(=O)([O-])OCC1OC(C)(n2cnc3c(N)ncnc32)C(O)C1OP(=O)([O-])[O-]. The summed E-state index contributed by atoms with van der Waals surface area (Å²) in [5, 5.41) is 26.4. The van der Waals surface area contributed by atoms with E-state index in [0.717, 1.165) is 30.1 Å². The van der Waals surface area contributed by atoms with Crippen LogP contribution in [0.15, 0.2) is 12.7 Å². The molecule has 0 saturated carbocycles. The number of carbonyl (C=O) groups excluding carboxylic acids is 2. The van der Waals surface area contributed by atoms with Gasteiger partial charge in [0, 0.05) is 24.9 Å². The van der Waals surface area contributed by atoms with E-state index in [9.17, 15) is 53.1 Å². The number of carbonyl (C=O) groups is 2. The molecule has 0 radical (unpaired) electrons. The number of phosphoric acid groups is 3. The van der Waals surface area contributed by atoms with Gasteiger partial charge in [0.2, 0.25) is 11.8 Å². The number of nitrogens with one attached hydrogen (secondary N) is 2. The number of nitrogens with two attached hydrogens (primary N) is 1. The number of phosphoric ester groups is 3. The Hall–Kier alpha value is -2.46. The molecule has 3 rings (SSSR count). The summed E-state index contributed by atoms with van der Waals surface area (Å²) in [6.45, 7) is 3.66. The molecule has 1 aliphatic rings. The molecule has 1 fully saturated rings. The van der Waals surface area contributed by atoms with Gasteiger partial charge < -0.3 is 69.0 Å². The molecular weight excluding hydrogens is 735 g/mol. The van der Waals surface area contributed by atoms with E-state index in [1.165, 1.54) is 20.8 Å². The van der Waals surface area contributed by atoms with Crippen LogP contribution in [0.3, 0.4) is 0 Å². The lowest BCUT2D eigenvalue weighted by Crippen LogP contribution is -2.46. The lowest BCUT2D eigenvalue weighted by atomic mass is 9.87. The van der Waals surface area contributed by atoms with Gasteiger partial charge >= 0.3 is 0 Å². The van der Waals surface area contributed by atoms with Crippen molar-refractivity contribution in [1.29, 1.82) is 0 Å². The highest BCUT2D eigenvalue weighted by molar-refractivity contribution is 7.59. The second kappa shape index (κ2) is 16.5. The zero-order chi connectivity index (χ0) is 37.7. The standard InChI is InChI=1S/C24H42N7O16P3/c1-5-6-8-26-15(32)7-9-27-22(35)19(34)23(2,3)11-44-50(41,42)47-49(39,40)43-10-14-17(46-48(36,37)38)18(33)24(4,45-14)31-13-30-16-20(25)28-12-29-21(16)31/h12-14,17-19,33-34H,5-11H2,1-4H3,(H,26,32)(H,27,35)(H,39,40)(H,41,42)(H2,25,28,29)(H2,36,37,38)/p-4. The highest BCUT2D eigenvalue weighted by Gasteiger charge is 2.55. The fourth-order valence-electron chi connectivity index (χ4n) is 4.63. The summed E-state index contributed by atoms with van der Waals surface area (Å²) in [7, 11) is -17.6. The van der Waals surface area contributed by atoms with E-state index < -0.39 is 78.1 Å². The summed E-state index contributed by atoms with van der Waals surface area (Å²) >= 11 is 0. The largest absolute Gasteiger partial charge is 0.790 e. The number of rotatable bonds is 19. The summed E-state index contributed by atoms with van der Waals surface area (Å²) in [5.41, 5.74) is 2.10. The van der Waals surface area contributed by atoms with Crippen molar-refractivity contribution in [1.82, 2.24) is 30.2 Å². The summed E-state index contributed by atoms with van der Waals surface area (Å²) in [4.78, 5) is 83.8. The lowest BCUT2D eigenvalue weighted by molar-refractivity contribution is -0.347. The van der Waals surface area contributed by atoms with Crippen LogP contribution in [0.2, 0.25) is 0 Å². The van der Waals surface area contributed by atoms with Gasteiger partial charge in [-0.15, -0.1) is 0 Å². The van der Waals surface area contributed by atoms with E-state index in [1.807, 2.05) is 6.92 Å². The maximum Gasteiger partial charge on any atom is 0.274 e. The van der Waals surface area contributed by atoms with Gasteiger partial charge in [-0.1, -0.05) is 27.2 Å². The molecule has 7 atom stereocenters. The van der Waals surface area contributed by atoms with Gasteiger partial charge in [-0.05, 0) is 13.3 Å². The van der Waals surface area contributed by atoms with Crippen LogP contribution < -0.4 is 35.9 Å². The Morgan fingerprint density at radius 1 is 1.12 bits per heavy atom. The van der Waals surface area contributed by atoms with Crippen molar-refractivity contribution in [2.75, 3.05) is 32.0 Å². The molecule has 0 aromatic carbocycles. The summed E-state index contributed by atoms with van der Waals surface area (Å²) in [6.07, 6.45) is -4.22. The minimum Gasteiger partial charge on any atom is -0.790 e. The number of aliphatic hydroxyl groups excluding tert-OH is 2. The highest BCUT2D eigenvalue weighted by atomic mass is 31.3. The molecule has 2 aromatic rings. The van der Waals surface area contributed by atoms with Crippen LogP contribution in [-0.4, -0.2) is 92.3 Å². The Balaban J connectivity index is 1.62. The number of hydrogen-bond acceptors (Lipinski definition) is 20. The molecule has 23 nitrogen and oxygen atoms in total. The van der Waals surface area contributed by atoms with E-state index in [1.54, 1.807) is 0 Å². The van der Waals surface area contributed by atoms with Crippen molar-refractivity contribution in [3.05, 3.63) is 12.7 Å². The Labute approximate surface area is 285 Å². The van der Waals surface area contributed by atoms with Crippen molar-refractivity contribution < 1.29 is 75.7 Å². The molecule has 3 heterocycles. The van der Waals surface area contributed by atoms with Crippen LogP contribution in [-0.2, 0) is 51.6 Å². The number of imidazole rings is 1. The van der Waals surface area contributed by atoms with E-state index in [0.29, 0.717) is 6.54 Å². The monoisotopic (exact) mass is 773 g/mol. The molecule has 1 aliphatic heterocycles. The first kappa shape index (κ1) is 42.0. The lowest BCUT2D eigenvalue weighted by Gasteiger charge is -2.36. The van der Waals surface area contributed by atoms with Crippen LogP contribution in [0.4, 0.5) is 5.82 Å². The third-order valence-corrected chi connectivity index (χ3v) is 10.4. The number of anilines is 1. The number of hydrogen-bond donors (Lipinski definition) is 5. The highest BCUT2D eigenvalue weighted by Crippen LogP contribution is 2.56. The van der Waals surface area contributed by atoms with Gasteiger partial charge in [0.05, 0.1) is 27.4 Å². The third kappa shape index (κ3) is 11.0. The predicted octanol–water partition coefficient (Wildman–Crippen LogP) is -3.15. The number of nitrogen functional groups attached to an aromatic ring is 1. The molecular formula is C24H38N7O16P3-4. The van der Waals surface area contributed by atoms with Crippen LogP contribution in [0.5, 0.6) is 0 Å². The van der Waals surface area contributed by atoms with Crippen LogP contribution in [0, 0.1) is 5.41 Å². The minimum atomic E-state index is -5.90. The van der Waals surface area contributed by atoms with E-state index in [2.05, 4.69) is 43.5 Å². The summed E-state index contributed by atoms with van der Waals surface area (Å²) in [5.74, 6) is -1.38. The van der Waals surface area contributed by atoms with Gasteiger partial charge in [0.15, 0.2) is 17.2 Å². The number of unbranched alkanes of at least 4 members (excludes halogenated alkanes) is 1. The number of nitrogens with zero attached hydrogens (tertiary/aromatic N) is 4. The van der Waals surface area contributed by atoms with E-state index >= 15 is 0 Å². The maximum atomic E-state index is 12.5. The quantitative estimate of drug-likeness (QED) is 0.0695. The molecule has 7 unspecified atom stereocenters. The van der Waals surface area contributed by atoms with Crippen LogP contribution >= 0.6 is 23.5 Å². The van der Waals surface area contributed by atoms with Crippen molar-refractivity contribution >= 4 is 52.3 Å². The average molecular weight is 774 g/mol. The molecule has 26 heteroatoms. The minimum absolute atomic E-state index is 0.0233. The average Bonchev–Trinajstić information content (AvgIpc) is 3.54. The molecule has 0 spiro atoms. The van der Waals surface area contributed by atoms with Crippen molar-refractivity contribution in [2.24, 2.45) is 5.41 Å². The number of ether oxygens (including phenoxy) is 1. The molecule has 2 amide bonds. The zero-order valence-electron chi connectivity index (χ0n) is 27.2. The number of aliphatic hydroxyl groups is 2. The van der Waals surface area contributed by atoms with Crippen molar-refractivity contribution in [3.63, 3.8) is 0 Å².